The average Bonchev–Trinajstić information content (AvgIpc) is 2.84. The molecule has 1 aliphatic carbocycles. The highest BCUT2D eigenvalue weighted by atomic mass is 16.5. The summed E-state index contributed by atoms with van der Waals surface area (Å²) < 4.78 is 6.11. The Balaban J connectivity index is 1.07. The molecule has 3 aromatic carbocycles. The minimum absolute atomic E-state index is 0.309. The summed E-state index contributed by atoms with van der Waals surface area (Å²) in [5.74, 6) is 1.62. The third-order valence-corrected chi connectivity index (χ3v) is 7.49. The summed E-state index contributed by atoms with van der Waals surface area (Å²) in [6, 6.07) is 23.6. The zero-order chi connectivity index (χ0) is 24.0. The second-order valence-corrected chi connectivity index (χ2v) is 10.1. The maximum absolute atomic E-state index is 12.4. The van der Waals surface area contributed by atoms with Gasteiger partial charge >= 0.3 is 0 Å². The normalized spacial score (nSPS) is 17.0. The van der Waals surface area contributed by atoms with E-state index in [1.54, 1.807) is 0 Å². The van der Waals surface area contributed by atoms with Crippen molar-refractivity contribution >= 4 is 16.7 Å². The van der Waals surface area contributed by atoms with Crippen LogP contribution in [0.1, 0.15) is 30.4 Å². The first-order valence-corrected chi connectivity index (χ1v) is 13.0. The van der Waals surface area contributed by atoms with Crippen LogP contribution in [-0.4, -0.2) is 67.0 Å². The highest BCUT2D eigenvalue weighted by Crippen LogP contribution is 2.28. The Hall–Kier alpha value is -2.89. The van der Waals surface area contributed by atoms with Gasteiger partial charge in [0.1, 0.15) is 12.4 Å². The first-order chi connectivity index (χ1) is 17.2. The van der Waals surface area contributed by atoms with Gasteiger partial charge < -0.3 is 9.64 Å². The van der Waals surface area contributed by atoms with Crippen LogP contribution in [0.3, 0.4) is 0 Å². The van der Waals surface area contributed by atoms with E-state index in [9.17, 15) is 4.79 Å². The Bertz CT molecular complexity index is 1130. The number of carbonyl (C=O) groups excluding carboxylic acids is 1. The van der Waals surface area contributed by atoms with Crippen LogP contribution >= 0.6 is 0 Å². The third kappa shape index (κ3) is 6.03. The van der Waals surface area contributed by atoms with Gasteiger partial charge in [0.15, 0.2) is 0 Å². The van der Waals surface area contributed by atoms with Crippen LogP contribution in [0.25, 0.3) is 10.8 Å². The van der Waals surface area contributed by atoms with Gasteiger partial charge in [0.05, 0.1) is 0 Å². The lowest BCUT2D eigenvalue weighted by Crippen LogP contribution is -2.51. The fraction of sp³-hybridized carbons (Fsp3) is 0.433. The summed E-state index contributed by atoms with van der Waals surface area (Å²) in [4.78, 5) is 19.3. The van der Waals surface area contributed by atoms with Crippen molar-refractivity contribution in [3.63, 3.8) is 0 Å². The van der Waals surface area contributed by atoms with Gasteiger partial charge in [0.2, 0.25) is 5.91 Å². The number of carbonyl (C=O) groups is 1. The monoisotopic (exact) mass is 471 g/mol. The SMILES string of the molecule is CN(Cc1cccc(OCCN2CCN(C(=O)C3CCC3)CC2)c1)Cc1cccc2ccccc12. The lowest BCUT2D eigenvalue weighted by Gasteiger charge is -2.38. The van der Waals surface area contributed by atoms with Crippen molar-refractivity contribution in [3.05, 3.63) is 77.9 Å². The number of nitrogens with zero attached hydrogens (tertiary/aromatic N) is 3. The second kappa shape index (κ2) is 11.2. The maximum Gasteiger partial charge on any atom is 0.225 e. The molecule has 0 aromatic heterocycles. The van der Waals surface area contributed by atoms with E-state index in [1.807, 2.05) is 6.07 Å². The van der Waals surface area contributed by atoms with E-state index in [0.29, 0.717) is 18.4 Å². The van der Waals surface area contributed by atoms with E-state index >= 15 is 0 Å². The maximum atomic E-state index is 12.4. The highest BCUT2D eigenvalue weighted by Gasteiger charge is 2.31. The molecule has 35 heavy (non-hydrogen) atoms. The van der Waals surface area contributed by atoms with Crippen molar-refractivity contribution in [1.82, 2.24) is 14.7 Å². The minimum Gasteiger partial charge on any atom is -0.492 e. The summed E-state index contributed by atoms with van der Waals surface area (Å²) in [5.41, 5.74) is 2.61. The predicted molar refractivity (Wildman–Crippen MR) is 141 cm³/mol. The van der Waals surface area contributed by atoms with Gasteiger partial charge in [-0.2, -0.15) is 0 Å². The highest BCUT2D eigenvalue weighted by molar-refractivity contribution is 5.85. The average molecular weight is 472 g/mol. The van der Waals surface area contributed by atoms with E-state index in [2.05, 4.69) is 82.4 Å². The van der Waals surface area contributed by atoms with E-state index in [1.165, 1.54) is 28.3 Å². The molecule has 5 nitrogen and oxygen atoms in total. The van der Waals surface area contributed by atoms with Crippen molar-refractivity contribution in [1.29, 1.82) is 0 Å². The number of amides is 1. The number of hydrogen-bond acceptors (Lipinski definition) is 4. The molecule has 0 atom stereocenters. The van der Waals surface area contributed by atoms with Gasteiger partial charge in [-0.1, -0.05) is 61.0 Å². The van der Waals surface area contributed by atoms with Gasteiger partial charge in [0.25, 0.3) is 0 Å². The molecule has 1 saturated carbocycles. The molecule has 0 N–H and O–H groups in total. The van der Waals surface area contributed by atoms with Crippen LogP contribution in [0, 0.1) is 5.92 Å². The number of fused-ring (bicyclic) bond motifs is 1. The fourth-order valence-electron chi connectivity index (χ4n) is 5.22. The number of rotatable bonds is 9. The first kappa shape index (κ1) is 23.8. The second-order valence-electron chi connectivity index (χ2n) is 10.1. The number of hydrogen-bond donors (Lipinski definition) is 0. The van der Waals surface area contributed by atoms with Crippen molar-refractivity contribution in [3.8, 4) is 5.75 Å². The third-order valence-electron chi connectivity index (χ3n) is 7.49. The quantitative estimate of drug-likeness (QED) is 0.449. The lowest BCUT2D eigenvalue weighted by atomic mass is 9.84. The fourth-order valence-corrected chi connectivity index (χ4v) is 5.22. The molecule has 0 bridgehead atoms. The summed E-state index contributed by atoms with van der Waals surface area (Å²) in [7, 11) is 2.17. The topological polar surface area (TPSA) is 36.0 Å². The molecule has 0 radical (unpaired) electrons. The number of ether oxygens (including phenoxy) is 1. The first-order valence-electron chi connectivity index (χ1n) is 13.0. The van der Waals surface area contributed by atoms with Gasteiger partial charge in [-0.3, -0.25) is 14.6 Å². The van der Waals surface area contributed by atoms with Crippen LogP contribution in [0.5, 0.6) is 5.75 Å². The number of piperazine rings is 1. The Labute approximate surface area is 209 Å². The molecule has 0 spiro atoms. The van der Waals surface area contributed by atoms with Crippen molar-refractivity contribution in [2.75, 3.05) is 46.4 Å². The molecular formula is C30H37N3O2. The largest absolute Gasteiger partial charge is 0.492 e. The molecule has 1 aliphatic heterocycles. The molecular weight excluding hydrogens is 434 g/mol. The van der Waals surface area contributed by atoms with Crippen LogP contribution in [-0.2, 0) is 17.9 Å². The molecule has 1 heterocycles. The van der Waals surface area contributed by atoms with Gasteiger partial charge in [-0.25, -0.2) is 0 Å². The summed E-state index contributed by atoms with van der Waals surface area (Å²) in [6.07, 6.45) is 3.39. The predicted octanol–water partition coefficient (Wildman–Crippen LogP) is 4.79. The van der Waals surface area contributed by atoms with Crippen molar-refractivity contribution in [2.45, 2.75) is 32.4 Å². The summed E-state index contributed by atoms with van der Waals surface area (Å²) in [6.45, 7) is 6.95. The van der Waals surface area contributed by atoms with Crippen LogP contribution in [0.4, 0.5) is 0 Å². The smallest absolute Gasteiger partial charge is 0.225 e. The van der Waals surface area contributed by atoms with E-state index in [0.717, 1.165) is 64.4 Å². The van der Waals surface area contributed by atoms with Gasteiger partial charge in [-0.05, 0) is 53.9 Å². The molecule has 2 fully saturated rings. The zero-order valence-corrected chi connectivity index (χ0v) is 20.9. The Morgan fingerprint density at radius 2 is 1.71 bits per heavy atom. The van der Waals surface area contributed by atoms with Crippen LogP contribution in [0.15, 0.2) is 66.7 Å². The molecule has 5 rings (SSSR count). The Morgan fingerprint density at radius 3 is 2.51 bits per heavy atom. The molecule has 184 valence electrons. The summed E-state index contributed by atoms with van der Waals surface area (Å²) >= 11 is 0. The van der Waals surface area contributed by atoms with Gasteiger partial charge in [-0.15, -0.1) is 0 Å². The van der Waals surface area contributed by atoms with Crippen molar-refractivity contribution in [2.24, 2.45) is 5.92 Å². The molecule has 3 aromatic rings. The standard InChI is InChI=1S/C30H37N3O2/c1-31(23-27-12-5-9-25-8-2-3-14-29(25)27)22-24-7-4-13-28(21-24)35-20-19-32-15-17-33(18-16-32)30(34)26-10-6-11-26/h2-5,7-9,12-14,21,26H,6,10-11,15-20,22-23H2,1H3. The molecule has 1 saturated heterocycles. The Morgan fingerprint density at radius 1 is 0.943 bits per heavy atom. The van der Waals surface area contributed by atoms with E-state index < -0.39 is 0 Å². The summed E-state index contributed by atoms with van der Waals surface area (Å²) in [5, 5.41) is 2.62. The molecule has 0 unspecified atom stereocenters. The molecule has 5 heteroatoms. The van der Waals surface area contributed by atoms with Gasteiger partial charge in [0, 0.05) is 51.7 Å². The molecule has 2 aliphatic rings. The number of benzene rings is 3. The van der Waals surface area contributed by atoms with Crippen molar-refractivity contribution < 1.29 is 9.53 Å². The zero-order valence-electron chi connectivity index (χ0n) is 20.9. The van der Waals surface area contributed by atoms with Crippen LogP contribution in [0.2, 0.25) is 0 Å². The van der Waals surface area contributed by atoms with E-state index in [4.69, 9.17) is 4.74 Å². The van der Waals surface area contributed by atoms with E-state index in [-0.39, 0.29) is 0 Å². The lowest BCUT2D eigenvalue weighted by molar-refractivity contribution is -0.140. The minimum atomic E-state index is 0.309. The van der Waals surface area contributed by atoms with Crippen LogP contribution < -0.4 is 4.74 Å². The molecule has 1 amide bonds. The Kier molecular flexibility index (Phi) is 7.65.